The molecule has 29 heavy (non-hydrogen) atoms. The van der Waals surface area contributed by atoms with Crippen LogP contribution in [0, 0.1) is 0 Å². The first-order valence-electron chi connectivity index (χ1n) is 9.50. The molecule has 10 heteroatoms. The van der Waals surface area contributed by atoms with Gasteiger partial charge in [-0.15, -0.1) is 24.0 Å². The summed E-state index contributed by atoms with van der Waals surface area (Å²) in [5, 5.41) is 3.32. The molecule has 1 atom stereocenters. The topological polar surface area (TPSA) is 58.6 Å². The Morgan fingerprint density at radius 1 is 1.28 bits per heavy atom. The molecule has 3 rings (SSSR count). The van der Waals surface area contributed by atoms with Crippen LogP contribution in [0.4, 0.5) is 8.78 Å². The first-order chi connectivity index (χ1) is 13.6. The van der Waals surface area contributed by atoms with E-state index in [0.717, 1.165) is 57.3 Å². The molecule has 2 aliphatic heterocycles. The van der Waals surface area contributed by atoms with Crippen LogP contribution in [0.3, 0.4) is 0 Å². The van der Waals surface area contributed by atoms with Gasteiger partial charge in [0.25, 0.3) is 0 Å². The van der Waals surface area contributed by atoms with Crippen LogP contribution < -0.4 is 14.8 Å². The van der Waals surface area contributed by atoms with Gasteiger partial charge in [-0.1, -0.05) is 6.07 Å². The van der Waals surface area contributed by atoms with Gasteiger partial charge in [-0.2, -0.15) is 8.78 Å². The van der Waals surface area contributed by atoms with Crippen molar-refractivity contribution in [3.63, 3.8) is 0 Å². The molecular formula is C19H29F2IN4O3. The van der Waals surface area contributed by atoms with Crippen LogP contribution in [-0.4, -0.2) is 82.0 Å². The lowest BCUT2D eigenvalue weighted by Crippen LogP contribution is -2.46. The maximum Gasteiger partial charge on any atom is 0.387 e. The Balaban J connectivity index is 0.00000300. The molecule has 0 amide bonds. The molecule has 2 saturated heterocycles. The molecule has 0 aromatic heterocycles. The number of rotatable bonds is 6. The van der Waals surface area contributed by atoms with Crippen LogP contribution in [0.5, 0.6) is 11.5 Å². The van der Waals surface area contributed by atoms with E-state index in [9.17, 15) is 8.78 Å². The maximum atomic E-state index is 12.6. The zero-order chi connectivity index (χ0) is 19.9. The molecule has 2 aliphatic rings. The number of guanidine groups is 1. The number of likely N-dealkylation sites (tertiary alicyclic amines) is 1. The minimum Gasteiger partial charge on any atom is -0.493 e. The molecule has 1 N–H and O–H groups in total. The van der Waals surface area contributed by atoms with E-state index in [1.54, 1.807) is 19.2 Å². The molecule has 7 nitrogen and oxygen atoms in total. The van der Waals surface area contributed by atoms with Crippen molar-refractivity contribution < 1.29 is 23.0 Å². The average molecular weight is 526 g/mol. The van der Waals surface area contributed by atoms with Crippen LogP contribution >= 0.6 is 24.0 Å². The molecule has 0 radical (unpaired) electrons. The van der Waals surface area contributed by atoms with Crippen molar-refractivity contribution in [2.24, 2.45) is 4.99 Å². The number of nitrogens with zero attached hydrogens (tertiary/aromatic N) is 3. The SMILES string of the molecule is CN=C(NCc1ccc(OC)c(OC(F)F)c1)N1CCC(N2CCOCC2)C1.I. The van der Waals surface area contributed by atoms with E-state index in [0.29, 0.717) is 12.6 Å². The lowest BCUT2D eigenvalue weighted by Gasteiger charge is -2.32. The maximum absolute atomic E-state index is 12.6. The molecule has 0 spiro atoms. The molecule has 1 unspecified atom stereocenters. The molecular weight excluding hydrogens is 497 g/mol. The minimum absolute atomic E-state index is 0. The molecule has 164 valence electrons. The summed E-state index contributed by atoms with van der Waals surface area (Å²) < 4.78 is 40.3. The van der Waals surface area contributed by atoms with Gasteiger partial charge >= 0.3 is 6.61 Å². The number of halogens is 3. The van der Waals surface area contributed by atoms with E-state index in [4.69, 9.17) is 9.47 Å². The molecule has 2 heterocycles. The van der Waals surface area contributed by atoms with Gasteiger partial charge in [-0.3, -0.25) is 9.89 Å². The standard InChI is InChI=1S/C19H28F2N4O3.HI/c1-22-19(25-6-5-15(13-25)24-7-9-27-10-8-24)23-12-14-3-4-16(26-2)17(11-14)28-18(20)21;/h3-4,11,15,18H,5-10,12-13H2,1-2H3,(H,22,23);1H. The number of ether oxygens (including phenoxy) is 3. The Labute approximate surface area is 187 Å². The third-order valence-electron chi connectivity index (χ3n) is 5.13. The summed E-state index contributed by atoms with van der Waals surface area (Å²) in [6.45, 7) is 2.95. The third-order valence-corrected chi connectivity index (χ3v) is 5.13. The predicted molar refractivity (Wildman–Crippen MR) is 118 cm³/mol. The van der Waals surface area contributed by atoms with E-state index in [-0.39, 0.29) is 35.5 Å². The van der Waals surface area contributed by atoms with Crippen molar-refractivity contribution in [3.8, 4) is 11.5 Å². The zero-order valence-corrected chi connectivity index (χ0v) is 19.1. The second-order valence-electron chi connectivity index (χ2n) is 6.80. The predicted octanol–water partition coefficient (Wildman–Crippen LogP) is 2.40. The summed E-state index contributed by atoms with van der Waals surface area (Å²) >= 11 is 0. The minimum atomic E-state index is -2.90. The fourth-order valence-electron chi connectivity index (χ4n) is 3.71. The Morgan fingerprint density at radius 3 is 2.69 bits per heavy atom. The molecule has 2 fully saturated rings. The van der Waals surface area contributed by atoms with Gasteiger partial charge in [0.2, 0.25) is 0 Å². The third kappa shape index (κ3) is 6.54. The second-order valence-corrected chi connectivity index (χ2v) is 6.80. The Hall–Kier alpha value is -1.40. The van der Waals surface area contributed by atoms with Gasteiger partial charge in [0.15, 0.2) is 17.5 Å². The summed E-state index contributed by atoms with van der Waals surface area (Å²) in [7, 11) is 3.18. The van der Waals surface area contributed by atoms with Crippen LogP contribution in [-0.2, 0) is 11.3 Å². The Bertz CT molecular complexity index is 675. The fraction of sp³-hybridized carbons (Fsp3) is 0.632. The lowest BCUT2D eigenvalue weighted by molar-refractivity contribution is -0.0512. The number of benzene rings is 1. The van der Waals surface area contributed by atoms with E-state index in [2.05, 4.69) is 24.8 Å². The van der Waals surface area contributed by atoms with Gasteiger partial charge in [0.1, 0.15) is 0 Å². The summed E-state index contributed by atoms with van der Waals surface area (Å²) in [6.07, 6.45) is 1.09. The van der Waals surface area contributed by atoms with Crippen molar-refractivity contribution in [3.05, 3.63) is 23.8 Å². The van der Waals surface area contributed by atoms with Crippen molar-refractivity contribution in [2.45, 2.75) is 25.6 Å². The first-order valence-corrected chi connectivity index (χ1v) is 9.50. The summed E-state index contributed by atoms with van der Waals surface area (Å²) in [5.74, 6) is 1.12. The quantitative estimate of drug-likeness (QED) is 0.349. The average Bonchev–Trinajstić information content (AvgIpc) is 3.19. The highest BCUT2D eigenvalue weighted by Gasteiger charge is 2.30. The van der Waals surface area contributed by atoms with Crippen molar-refractivity contribution in [1.82, 2.24) is 15.1 Å². The number of methoxy groups -OCH3 is 1. The van der Waals surface area contributed by atoms with E-state index in [1.807, 2.05) is 6.07 Å². The van der Waals surface area contributed by atoms with Crippen LogP contribution in [0.1, 0.15) is 12.0 Å². The monoisotopic (exact) mass is 526 g/mol. The summed E-state index contributed by atoms with van der Waals surface area (Å²) in [6, 6.07) is 5.51. The van der Waals surface area contributed by atoms with Gasteiger partial charge < -0.3 is 24.4 Å². The number of hydrogen-bond acceptors (Lipinski definition) is 5. The fourth-order valence-corrected chi connectivity index (χ4v) is 3.71. The van der Waals surface area contributed by atoms with Crippen molar-refractivity contribution in [1.29, 1.82) is 0 Å². The lowest BCUT2D eigenvalue weighted by atomic mass is 10.2. The van der Waals surface area contributed by atoms with E-state index in [1.165, 1.54) is 7.11 Å². The number of hydrogen-bond donors (Lipinski definition) is 1. The van der Waals surface area contributed by atoms with Gasteiger partial charge in [-0.25, -0.2) is 0 Å². The zero-order valence-electron chi connectivity index (χ0n) is 16.8. The molecule has 0 bridgehead atoms. The molecule has 0 aliphatic carbocycles. The highest BCUT2D eigenvalue weighted by Crippen LogP contribution is 2.29. The number of alkyl halides is 2. The molecule has 0 saturated carbocycles. The smallest absolute Gasteiger partial charge is 0.387 e. The normalized spacial score (nSPS) is 20.5. The van der Waals surface area contributed by atoms with E-state index >= 15 is 0 Å². The highest BCUT2D eigenvalue weighted by atomic mass is 127. The Morgan fingerprint density at radius 2 is 2.03 bits per heavy atom. The molecule has 1 aromatic rings. The highest BCUT2D eigenvalue weighted by molar-refractivity contribution is 14.0. The van der Waals surface area contributed by atoms with E-state index < -0.39 is 6.61 Å². The van der Waals surface area contributed by atoms with Gasteiger partial charge in [-0.05, 0) is 24.1 Å². The van der Waals surface area contributed by atoms with Crippen LogP contribution in [0.15, 0.2) is 23.2 Å². The van der Waals surface area contributed by atoms with Gasteiger partial charge in [0.05, 0.1) is 20.3 Å². The van der Waals surface area contributed by atoms with Crippen LogP contribution in [0.25, 0.3) is 0 Å². The molecule has 1 aromatic carbocycles. The van der Waals surface area contributed by atoms with Crippen LogP contribution in [0.2, 0.25) is 0 Å². The number of aliphatic imine (C=N–C) groups is 1. The first kappa shape index (κ1) is 23.9. The number of nitrogens with one attached hydrogen (secondary N) is 1. The van der Waals surface area contributed by atoms with Crippen molar-refractivity contribution >= 4 is 29.9 Å². The second kappa shape index (κ2) is 11.7. The Kier molecular flexibility index (Phi) is 9.63. The number of morpholine rings is 1. The summed E-state index contributed by atoms with van der Waals surface area (Å²) in [5.41, 5.74) is 0.807. The largest absolute Gasteiger partial charge is 0.493 e. The van der Waals surface area contributed by atoms with Crippen molar-refractivity contribution in [2.75, 3.05) is 53.6 Å². The summed E-state index contributed by atoms with van der Waals surface area (Å²) in [4.78, 5) is 9.10. The van der Waals surface area contributed by atoms with Gasteiger partial charge in [0, 0.05) is 45.8 Å².